The second-order valence-electron chi connectivity index (χ2n) is 4.39. The minimum Gasteiger partial charge on any atom is -0.496 e. The fraction of sp³-hybridized carbons (Fsp3) is 0.200. The van der Waals surface area contributed by atoms with Gasteiger partial charge in [-0.05, 0) is 44.2 Å². The van der Waals surface area contributed by atoms with Gasteiger partial charge in [-0.1, -0.05) is 15.9 Å². The fourth-order valence-electron chi connectivity index (χ4n) is 1.74. The molecule has 1 N–H and O–H groups in total. The number of furan rings is 1. The van der Waals surface area contributed by atoms with Gasteiger partial charge in [0.05, 0.1) is 12.7 Å². The molecule has 2 aromatic rings. The first-order valence-electron chi connectivity index (χ1n) is 6.26. The number of halogens is 1. The number of ether oxygens (including phenoxy) is 1. The molecule has 110 valence electrons. The molecule has 21 heavy (non-hydrogen) atoms. The lowest BCUT2D eigenvalue weighted by atomic mass is 10.2. The summed E-state index contributed by atoms with van der Waals surface area (Å²) in [6, 6.07) is 8.84. The molecule has 0 saturated heterocycles. The Balaban J connectivity index is 2.17. The maximum Gasteiger partial charge on any atom is 0.275 e. The molecule has 0 spiro atoms. The number of hydrogen-bond acceptors (Lipinski definition) is 4. The van der Waals surface area contributed by atoms with Crippen molar-refractivity contribution in [2.75, 3.05) is 7.11 Å². The van der Waals surface area contributed by atoms with Crippen LogP contribution in [0.5, 0.6) is 5.75 Å². The third-order valence-electron chi connectivity index (χ3n) is 2.83. The minimum atomic E-state index is -0.351. The van der Waals surface area contributed by atoms with Crippen LogP contribution in [0.2, 0.25) is 0 Å². The van der Waals surface area contributed by atoms with Crippen molar-refractivity contribution in [1.82, 2.24) is 5.43 Å². The molecule has 0 unspecified atom stereocenters. The average Bonchev–Trinajstić information content (AvgIpc) is 2.91. The number of carbonyl (C=O) groups excluding carboxylic acids is 1. The van der Waals surface area contributed by atoms with Crippen molar-refractivity contribution in [2.24, 2.45) is 5.10 Å². The van der Waals surface area contributed by atoms with E-state index >= 15 is 0 Å². The van der Waals surface area contributed by atoms with Gasteiger partial charge < -0.3 is 9.15 Å². The van der Waals surface area contributed by atoms with Crippen LogP contribution in [-0.4, -0.2) is 18.7 Å². The van der Waals surface area contributed by atoms with E-state index in [0.29, 0.717) is 22.8 Å². The molecule has 0 bridgehead atoms. The lowest BCUT2D eigenvalue weighted by Gasteiger charge is -2.07. The van der Waals surface area contributed by atoms with Gasteiger partial charge in [-0.2, -0.15) is 5.10 Å². The van der Waals surface area contributed by atoms with Gasteiger partial charge in [0.1, 0.15) is 23.0 Å². The van der Waals surface area contributed by atoms with Crippen LogP contribution in [0.1, 0.15) is 28.8 Å². The zero-order valence-electron chi connectivity index (χ0n) is 11.9. The van der Waals surface area contributed by atoms with Crippen LogP contribution in [0.15, 0.2) is 44.3 Å². The van der Waals surface area contributed by atoms with Crippen molar-refractivity contribution in [3.8, 4) is 5.75 Å². The molecule has 0 saturated carbocycles. The number of nitrogens with one attached hydrogen (secondary N) is 1. The van der Waals surface area contributed by atoms with E-state index in [9.17, 15) is 4.79 Å². The van der Waals surface area contributed by atoms with E-state index in [-0.39, 0.29) is 5.91 Å². The molecule has 0 fully saturated rings. The standard InChI is InChI=1S/C15H15BrN2O3/c1-9-4-6-13(21-9)10(2)17-18-15(19)12-8-11(16)5-7-14(12)20-3/h4-8H,1-3H3,(H,18,19)/b17-10-. The Labute approximate surface area is 131 Å². The summed E-state index contributed by atoms with van der Waals surface area (Å²) in [6.07, 6.45) is 0. The predicted molar refractivity (Wildman–Crippen MR) is 83.8 cm³/mol. The molecular formula is C15H15BrN2O3. The van der Waals surface area contributed by atoms with Crippen LogP contribution in [0, 0.1) is 6.92 Å². The lowest BCUT2D eigenvalue weighted by molar-refractivity contribution is 0.0951. The van der Waals surface area contributed by atoms with E-state index < -0.39 is 0 Å². The van der Waals surface area contributed by atoms with E-state index in [1.165, 1.54) is 7.11 Å². The molecule has 2 rings (SSSR count). The molecule has 1 aromatic carbocycles. The number of benzene rings is 1. The van der Waals surface area contributed by atoms with Crippen molar-refractivity contribution < 1.29 is 13.9 Å². The molecule has 1 aromatic heterocycles. The van der Waals surface area contributed by atoms with Gasteiger partial charge in [0.2, 0.25) is 0 Å². The first kappa shape index (κ1) is 15.3. The highest BCUT2D eigenvalue weighted by atomic mass is 79.9. The molecule has 6 heteroatoms. The quantitative estimate of drug-likeness (QED) is 0.677. The van der Waals surface area contributed by atoms with Gasteiger partial charge in [-0.15, -0.1) is 0 Å². The Bertz CT molecular complexity index is 692. The number of carbonyl (C=O) groups is 1. The summed E-state index contributed by atoms with van der Waals surface area (Å²) >= 11 is 3.33. The average molecular weight is 351 g/mol. The second kappa shape index (κ2) is 6.58. The molecule has 0 aliphatic rings. The smallest absolute Gasteiger partial charge is 0.275 e. The highest BCUT2D eigenvalue weighted by Crippen LogP contribution is 2.22. The molecular weight excluding hydrogens is 336 g/mol. The van der Waals surface area contributed by atoms with Crippen molar-refractivity contribution in [3.05, 3.63) is 51.9 Å². The normalized spacial score (nSPS) is 11.3. The Morgan fingerprint density at radius 3 is 2.71 bits per heavy atom. The summed E-state index contributed by atoms with van der Waals surface area (Å²) in [5, 5.41) is 4.04. The highest BCUT2D eigenvalue weighted by Gasteiger charge is 2.12. The Morgan fingerprint density at radius 1 is 1.33 bits per heavy atom. The number of amides is 1. The first-order valence-corrected chi connectivity index (χ1v) is 7.05. The summed E-state index contributed by atoms with van der Waals surface area (Å²) in [7, 11) is 1.51. The predicted octanol–water partition coefficient (Wildman–Crippen LogP) is 3.51. The van der Waals surface area contributed by atoms with Crippen molar-refractivity contribution in [2.45, 2.75) is 13.8 Å². The molecule has 1 amide bonds. The zero-order chi connectivity index (χ0) is 15.4. The molecule has 0 atom stereocenters. The second-order valence-corrected chi connectivity index (χ2v) is 5.31. The number of hydrogen-bond donors (Lipinski definition) is 1. The third-order valence-corrected chi connectivity index (χ3v) is 3.32. The monoisotopic (exact) mass is 350 g/mol. The van der Waals surface area contributed by atoms with Gasteiger partial charge >= 0.3 is 0 Å². The van der Waals surface area contributed by atoms with Crippen LogP contribution < -0.4 is 10.2 Å². The van der Waals surface area contributed by atoms with Gasteiger partial charge in [0.25, 0.3) is 5.91 Å². The van der Waals surface area contributed by atoms with E-state index in [0.717, 1.165) is 10.2 Å². The van der Waals surface area contributed by atoms with E-state index in [1.807, 2.05) is 13.0 Å². The van der Waals surface area contributed by atoms with Crippen LogP contribution in [0.3, 0.4) is 0 Å². The molecule has 0 radical (unpaired) electrons. The highest BCUT2D eigenvalue weighted by molar-refractivity contribution is 9.10. The maximum atomic E-state index is 12.2. The Kier molecular flexibility index (Phi) is 4.80. The van der Waals surface area contributed by atoms with E-state index in [2.05, 4.69) is 26.5 Å². The number of hydrazone groups is 1. The molecule has 5 nitrogen and oxygen atoms in total. The van der Waals surface area contributed by atoms with Crippen LogP contribution >= 0.6 is 15.9 Å². The number of nitrogens with zero attached hydrogens (tertiary/aromatic N) is 1. The van der Waals surface area contributed by atoms with Crippen molar-refractivity contribution in [1.29, 1.82) is 0 Å². The van der Waals surface area contributed by atoms with Crippen molar-refractivity contribution in [3.63, 3.8) is 0 Å². The Hall–Kier alpha value is -2.08. The largest absolute Gasteiger partial charge is 0.496 e. The van der Waals surface area contributed by atoms with Crippen LogP contribution in [-0.2, 0) is 0 Å². The molecule has 0 aliphatic carbocycles. The summed E-state index contributed by atoms with van der Waals surface area (Å²) in [5.41, 5.74) is 3.49. The molecule has 1 heterocycles. The lowest BCUT2D eigenvalue weighted by Crippen LogP contribution is -2.20. The molecule has 0 aliphatic heterocycles. The minimum absolute atomic E-state index is 0.351. The van der Waals surface area contributed by atoms with Gasteiger partial charge in [-0.3, -0.25) is 4.79 Å². The van der Waals surface area contributed by atoms with Crippen LogP contribution in [0.25, 0.3) is 0 Å². The van der Waals surface area contributed by atoms with E-state index in [1.54, 1.807) is 31.2 Å². The summed E-state index contributed by atoms with van der Waals surface area (Å²) in [6.45, 7) is 3.61. The Morgan fingerprint density at radius 2 is 2.10 bits per heavy atom. The summed E-state index contributed by atoms with van der Waals surface area (Å²) < 4.78 is 11.4. The van der Waals surface area contributed by atoms with Crippen LogP contribution in [0.4, 0.5) is 0 Å². The van der Waals surface area contributed by atoms with Gasteiger partial charge in [-0.25, -0.2) is 5.43 Å². The SMILES string of the molecule is COc1ccc(Br)cc1C(=O)N/N=C(/C)c1ccc(C)o1. The maximum absolute atomic E-state index is 12.2. The first-order chi connectivity index (χ1) is 10.0. The fourth-order valence-corrected chi connectivity index (χ4v) is 2.10. The van der Waals surface area contributed by atoms with E-state index in [4.69, 9.17) is 9.15 Å². The third kappa shape index (κ3) is 3.72. The number of methoxy groups -OCH3 is 1. The number of aryl methyl sites for hydroxylation is 1. The summed E-state index contributed by atoms with van der Waals surface area (Å²) in [5.74, 6) is 1.54. The topological polar surface area (TPSA) is 63.8 Å². The summed E-state index contributed by atoms with van der Waals surface area (Å²) in [4.78, 5) is 12.2. The van der Waals surface area contributed by atoms with Gasteiger partial charge in [0.15, 0.2) is 0 Å². The van der Waals surface area contributed by atoms with Gasteiger partial charge in [0, 0.05) is 4.47 Å². The number of rotatable bonds is 4. The zero-order valence-corrected chi connectivity index (χ0v) is 13.5. The van der Waals surface area contributed by atoms with Crippen molar-refractivity contribution >= 4 is 27.5 Å².